The molecular weight excluding hydrogens is 470 g/mol. The fourth-order valence-electron chi connectivity index (χ4n) is 3.65. The summed E-state index contributed by atoms with van der Waals surface area (Å²) in [5.41, 5.74) is 0.805. The number of carbonyl (C=O) groups excluding carboxylic acids is 1. The minimum atomic E-state index is -3.84. The van der Waals surface area contributed by atoms with E-state index in [1.54, 1.807) is 35.7 Å². The third-order valence-corrected chi connectivity index (χ3v) is 7.53. The number of sulfonamides is 1. The van der Waals surface area contributed by atoms with E-state index in [1.165, 1.54) is 23.9 Å². The van der Waals surface area contributed by atoms with Crippen LogP contribution in [0.15, 0.2) is 29.8 Å². The van der Waals surface area contributed by atoms with Crippen LogP contribution in [0.2, 0.25) is 0 Å². The molecule has 2 aromatic heterocycles. The molecule has 0 unspecified atom stereocenters. The average Bonchev–Trinajstić information content (AvgIpc) is 3.26. The summed E-state index contributed by atoms with van der Waals surface area (Å²) in [6, 6.07) is 1.19. The Bertz CT molecular complexity index is 1230. The number of ether oxygens (including phenoxy) is 1. The Hall–Kier alpha value is -2.94. The van der Waals surface area contributed by atoms with Crippen LogP contribution in [-0.2, 0) is 17.1 Å². The maximum absolute atomic E-state index is 13.4. The maximum Gasteiger partial charge on any atom is 0.261 e. The monoisotopic (exact) mass is 503 g/mol. The molecule has 0 aromatic carbocycles. The first-order valence-corrected chi connectivity index (χ1v) is 12.9. The molecule has 0 fully saturated rings. The van der Waals surface area contributed by atoms with Crippen molar-refractivity contribution in [2.45, 2.75) is 44.9 Å². The van der Waals surface area contributed by atoms with E-state index in [4.69, 9.17) is 4.74 Å². The summed E-state index contributed by atoms with van der Waals surface area (Å²) in [7, 11) is -0.679. The molecule has 3 atom stereocenters. The number of aliphatic hydroxyl groups excluding tert-OH is 1. The Balaban J connectivity index is 1.99. The summed E-state index contributed by atoms with van der Waals surface area (Å²) >= 11 is 0. The number of aromatic nitrogens is 3. The third kappa shape index (κ3) is 6.01. The minimum absolute atomic E-state index is 0.0195. The smallest absolute Gasteiger partial charge is 0.261 e. The first-order chi connectivity index (χ1) is 16.4. The molecule has 0 spiro atoms. The Morgan fingerprint density at radius 1 is 1.31 bits per heavy atom. The lowest BCUT2D eigenvalue weighted by molar-refractivity contribution is 0.0373. The van der Waals surface area contributed by atoms with Crippen molar-refractivity contribution in [3.63, 3.8) is 0 Å². The Labute approximate surface area is 207 Å². The Kier molecular flexibility index (Phi) is 8.20. The van der Waals surface area contributed by atoms with Crippen LogP contribution in [-0.4, -0.2) is 82.1 Å². The van der Waals surface area contributed by atoms with Crippen molar-refractivity contribution in [1.29, 1.82) is 0 Å². The van der Waals surface area contributed by atoms with Gasteiger partial charge in [-0.05, 0) is 13.0 Å². The maximum atomic E-state index is 13.4. The van der Waals surface area contributed by atoms with Crippen LogP contribution in [0.4, 0.5) is 0 Å². The molecule has 0 saturated heterocycles. The van der Waals surface area contributed by atoms with Crippen molar-refractivity contribution in [3.8, 4) is 17.7 Å². The predicted molar refractivity (Wildman–Crippen MR) is 130 cm³/mol. The molecule has 10 nitrogen and oxygen atoms in total. The van der Waals surface area contributed by atoms with Gasteiger partial charge in [-0.1, -0.05) is 32.6 Å². The highest BCUT2D eigenvalue weighted by atomic mass is 32.2. The van der Waals surface area contributed by atoms with Gasteiger partial charge in [0.2, 0.25) is 5.88 Å². The van der Waals surface area contributed by atoms with E-state index in [1.807, 2.05) is 20.8 Å². The molecule has 35 heavy (non-hydrogen) atoms. The number of rotatable bonds is 6. The minimum Gasteiger partial charge on any atom is -0.472 e. The molecule has 2 aromatic rings. The fraction of sp³-hybridized carbons (Fsp3) is 0.542. The summed E-state index contributed by atoms with van der Waals surface area (Å²) < 4.78 is 35.0. The second kappa shape index (κ2) is 10.8. The molecule has 0 radical (unpaired) electrons. The van der Waals surface area contributed by atoms with Gasteiger partial charge in [-0.25, -0.2) is 18.4 Å². The molecular formula is C24H33N5O5S. The number of aliphatic hydroxyl groups is 1. The van der Waals surface area contributed by atoms with E-state index < -0.39 is 22.2 Å². The summed E-state index contributed by atoms with van der Waals surface area (Å²) in [5.74, 6) is 5.76. The van der Waals surface area contributed by atoms with E-state index in [-0.39, 0.29) is 53.9 Å². The second-order valence-corrected chi connectivity index (χ2v) is 11.3. The lowest BCUT2D eigenvalue weighted by Crippen LogP contribution is -2.50. The number of hydrogen-bond donors (Lipinski definition) is 1. The third-order valence-electron chi connectivity index (χ3n) is 5.82. The topological polar surface area (TPSA) is 118 Å². The number of fused-ring (bicyclic) bond motifs is 1. The predicted octanol–water partition coefficient (Wildman–Crippen LogP) is 1.36. The van der Waals surface area contributed by atoms with Crippen molar-refractivity contribution < 1.29 is 23.1 Å². The van der Waals surface area contributed by atoms with E-state index in [0.717, 1.165) is 0 Å². The number of hydrogen-bond acceptors (Lipinski definition) is 7. The first-order valence-electron chi connectivity index (χ1n) is 11.5. The zero-order valence-electron chi connectivity index (χ0n) is 21.0. The number of likely N-dealkylation sites (N-methyl/N-ethyl adjacent to an activating group) is 1. The molecule has 3 rings (SSSR count). The summed E-state index contributed by atoms with van der Waals surface area (Å²) in [4.78, 5) is 23.3. The number of pyridine rings is 1. The van der Waals surface area contributed by atoms with Crippen LogP contribution >= 0.6 is 0 Å². The molecule has 0 aliphatic carbocycles. The van der Waals surface area contributed by atoms with Gasteiger partial charge in [-0.2, -0.15) is 4.31 Å². The molecule has 1 aliphatic heterocycles. The van der Waals surface area contributed by atoms with Crippen molar-refractivity contribution in [2.24, 2.45) is 18.9 Å². The van der Waals surface area contributed by atoms with Crippen molar-refractivity contribution in [2.75, 3.05) is 26.7 Å². The van der Waals surface area contributed by atoms with Gasteiger partial charge in [0, 0.05) is 50.4 Å². The summed E-state index contributed by atoms with van der Waals surface area (Å²) in [6.45, 7) is 7.64. The molecule has 3 heterocycles. The fourth-order valence-corrected chi connectivity index (χ4v) is 4.79. The van der Waals surface area contributed by atoms with Crippen LogP contribution < -0.4 is 4.74 Å². The molecule has 190 valence electrons. The highest BCUT2D eigenvalue weighted by Crippen LogP contribution is 2.28. The van der Waals surface area contributed by atoms with Gasteiger partial charge >= 0.3 is 0 Å². The number of aryl methyl sites for hydroxylation is 1. The standard InChI is InChI=1S/C24H33N5O5S/c1-16(2)7-8-19-9-20-23(25-10-19)34-21(17(3)11-29(24(20)31)18(4)14-30)12-28(6)35(32,33)22-13-27(5)15-26-22/h9-10,13,15-18,21,30H,11-12,14H2,1-6H3/t17-,18+,21+/m1/s1. The van der Waals surface area contributed by atoms with Crippen LogP contribution in [0.5, 0.6) is 5.88 Å². The largest absolute Gasteiger partial charge is 0.472 e. The Morgan fingerprint density at radius 2 is 2.03 bits per heavy atom. The number of amides is 1. The molecule has 0 bridgehead atoms. The van der Waals surface area contributed by atoms with Gasteiger partial charge in [-0.3, -0.25) is 4.79 Å². The van der Waals surface area contributed by atoms with Gasteiger partial charge in [0.15, 0.2) is 5.03 Å². The van der Waals surface area contributed by atoms with Crippen molar-refractivity contribution >= 4 is 15.9 Å². The zero-order chi connectivity index (χ0) is 25.9. The normalized spacial score (nSPS) is 19.5. The zero-order valence-corrected chi connectivity index (χ0v) is 21.8. The van der Waals surface area contributed by atoms with Crippen LogP contribution in [0.3, 0.4) is 0 Å². The molecule has 11 heteroatoms. The number of carbonyl (C=O) groups is 1. The first kappa shape index (κ1) is 26.7. The second-order valence-electron chi connectivity index (χ2n) is 9.29. The Morgan fingerprint density at radius 3 is 2.63 bits per heavy atom. The summed E-state index contributed by atoms with van der Waals surface area (Å²) in [6.07, 6.45) is 3.79. The average molecular weight is 504 g/mol. The van der Waals surface area contributed by atoms with Crippen molar-refractivity contribution in [3.05, 3.63) is 35.9 Å². The highest BCUT2D eigenvalue weighted by Gasteiger charge is 2.36. The van der Waals surface area contributed by atoms with Crippen LogP contribution in [0, 0.1) is 23.7 Å². The van der Waals surface area contributed by atoms with Crippen LogP contribution in [0.25, 0.3) is 0 Å². The highest BCUT2D eigenvalue weighted by molar-refractivity contribution is 7.89. The quantitative estimate of drug-likeness (QED) is 0.592. The molecule has 0 saturated carbocycles. The number of nitrogens with zero attached hydrogens (tertiary/aromatic N) is 5. The van der Waals surface area contributed by atoms with Gasteiger partial charge in [-0.15, -0.1) is 0 Å². The van der Waals surface area contributed by atoms with Gasteiger partial charge in [0.25, 0.3) is 15.9 Å². The molecule has 1 amide bonds. The van der Waals surface area contributed by atoms with Gasteiger partial charge in [0.05, 0.1) is 25.5 Å². The van der Waals surface area contributed by atoms with Gasteiger partial charge in [0.1, 0.15) is 11.7 Å². The van der Waals surface area contributed by atoms with Crippen LogP contribution in [0.1, 0.15) is 43.6 Å². The summed E-state index contributed by atoms with van der Waals surface area (Å²) in [5, 5.41) is 9.73. The van der Waals surface area contributed by atoms with E-state index in [9.17, 15) is 18.3 Å². The lowest BCUT2D eigenvalue weighted by Gasteiger charge is -2.37. The molecule has 1 aliphatic rings. The number of imidazole rings is 1. The van der Waals surface area contributed by atoms with Gasteiger partial charge < -0.3 is 19.3 Å². The van der Waals surface area contributed by atoms with E-state index >= 15 is 0 Å². The molecule has 1 N–H and O–H groups in total. The van der Waals surface area contributed by atoms with E-state index in [2.05, 4.69) is 21.8 Å². The van der Waals surface area contributed by atoms with E-state index in [0.29, 0.717) is 5.56 Å². The van der Waals surface area contributed by atoms with Crippen molar-refractivity contribution in [1.82, 2.24) is 23.7 Å². The SMILES string of the molecule is CC(C)C#Cc1cnc2c(c1)C(=O)N([C@@H](C)CO)C[C@@H](C)[C@H](CN(C)S(=O)(=O)c1cn(C)cn1)O2. The lowest BCUT2D eigenvalue weighted by atomic mass is 10.00.